The SMILES string of the molecule is CCCC(COC)NC1(CC(=O)O)CN(C(=O)OC(C)(C)C)C1. The Hall–Kier alpha value is -1.34. The average Bonchev–Trinajstić information content (AvgIpc) is 2.32. The van der Waals surface area contributed by atoms with E-state index in [4.69, 9.17) is 9.47 Å². The second kappa shape index (κ2) is 7.97. The maximum Gasteiger partial charge on any atom is 0.410 e. The Bertz CT molecular complexity index is 407. The average molecular weight is 330 g/mol. The van der Waals surface area contributed by atoms with Crippen molar-refractivity contribution in [2.75, 3.05) is 26.8 Å². The van der Waals surface area contributed by atoms with Gasteiger partial charge in [0.25, 0.3) is 0 Å². The largest absolute Gasteiger partial charge is 0.481 e. The minimum absolute atomic E-state index is 0.0315. The van der Waals surface area contributed by atoms with E-state index < -0.39 is 23.2 Å². The number of rotatable bonds is 8. The summed E-state index contributed by atoms with van der Waals surface area (Å²) in [6.07, 6.45) is 1.43. The highest BCUT2D eigenvalue weighted by atomic mass is 16.6. The van der Waals surface area contributed by atoms with Gasteiger partial charge in [-0.2, -0.15) is 0 Å². The van der Waals surface area contributed by atoms with Gasteiger partial charge in [-0.15, -0.1) is 0 Å². The third-order valence-corrected chi connectivity index (χ3v) is 3.64. The molecule has 0 spiro atoms. The van der Waals surface area contributed by atoms with E-state index in [1.54, 1.807) is 7.11 Å². The smallest absolute Gasteiger partial charge is 0.410 e. The van der Waals surface area contributed by atoms with Crippen LogP contribution in [-0.4, -0.2) is 66.1 Å². The lowest BCUT2D eigenvalue weighted by molar-refractivity contribution is -0.141. The van der Waals surface area contributed by atoms with E-state index in [-0.39, 0.29) is 12.5 Å². The predicted molar refractivity (Wildman–Crippen MR) is 86.5 cm³/mol. The zero-order valence-electron chi connectivity index (χ0n) is 14.8. The highest BCUT2D eigenvalue weighted by molar-refractivity contribution is 5.73. The summed E-state index contributed by atoms with van der Waals surface area (Å²) in [6.45, 7) is 8.68. The predicted octanol–water partition coefficient (Wildman–Crippen LogP) is 1.86. The van der Waals surface area contributed by atoms with Crippen molar-refractivity contribution in [2.24, 2.45) is 0 Å². The van der Waals surface area contributed by atoms with Crippen molar-refractivity contribution >= 4 is 12.1 Å². The summed E-state index contributed by atoms with van der Waals surface area (Å²) in [5.41, 5.74) is -1.17. The number of carbonyl (C=O) groups is 2. The van der Waals surface area contributed by atoms with E-state index in [0.29, 0.717) is 19.7 Å². The van der Waals surface area contributed by atoms with Crippen molar-refractivity contribution in [1.82, 2.24) is 10.2 Å². The minimum Gasteiger partial charge on any atom is -0.481 e. The molecule has 1 amide bonds. The maximum absolute atomic E-state index is 12.1. The minimum atomic E-state index is -0.881. The molecule has 0 aromatic rings. The van der Waals surface area contributed by atoms with Gasteiger partial charge in [-0.1, -0.05) is 13.3 Å². The quantitative estimate of drug-likeness (QED) is 0.706. The van der Waals surface area contributed by atoms with Crippen molar-refractivity contribution in [3.8, 4) is 0 Å². The van der Waals surface area contributed by atoms with E-state index in [0.717, 1.165) is 12.8 Å². The first-order valence-electron chi connectivity index (χ1n) is 8.07. The Morgan fingerprint density at radius 3 is 2.39 bits per heavy atom. The molecule has 134 valence electrons. The normalized spacial score (nSPS) is 18.2. The summed E-state index contributed by atoms with van der Waals surface area (Å²) < 4.78 is 10.5. The van der Waals surface area contributed by atoms with Gasteiger partial charge in [0.05, 0.1) is 18.6 Å². The van der Waals surface area contributed by atoms with E-state index in [9.17, 15) is 14.7 Å². The van der Waals surface area contributed by atoms with Crippen molar-refractivity contribution in [1.29, 1.82) is 0 Å². The summed E-state index contributed by atoms with van der Waals surface area (Å²) in [5.74, 6) is -0.881. The molecular weight excluding hydrogens is 300 g/mol. The Kier molecular flexibility index (Phi) is 6.83. The van der Waals surface area contributed by atoms with Crippen molar-refractivity contribution in [2.45, 2.75) is 64.1 Å². The lowest BCUT2D eigenvalue weighted by Gasteiger charge is -2.51. The van der Waals surface area contributed by atoms with Gasteiger partial charge in [-0.25, -0.2) is 4.79 Å². The summed E-state index contributed by atoms with van der Waals surface area (Å²) >= 11 is 0. The molecule has 0 aliphatic carbocycles. The van der Waals surface area contributed by atoms with Gasteiger partial charge >= 0.3 is 12.1 Å². The molecule has 7 nitrogen and oxygen atoms in total. The van der Waals surface area contributed by atoms with Crippen LogP contribution in [0.1, 0.15) is 47.0 Å². The van der Waals surface area contributed by atoms with Crippen LogP contribution in [0.2, 0.25) is 0 Å². The van der Waals surface area contributed by atoms with E-state index in [2.05, 4.69) is 12.2 Å². The van der Waals surface area contributed by atoms with Crippen LogP contribution in [-0.2, 0) is 14.3 Å². The molecule has 1 aliphatic rings. The second-order valence-corrected chi connectivity index (χ2v) is 7.27. The highest BCUT2D eigenvalue weighted by Gasteiger charge is 2.48. The van der Waals surface area contributed by atoms with Gasteiger partial charge in [0.1, 0.15) is 5.60 Å². The third-order valence-electron chi connectivity index (χ3n) is 3.64. The highest BCUT2D eigenvalue weighted by Crippen LogP contribution is 2.28. The number of nitrogens with zero attached hydrogens (tertiary/aromatic N) is 1. The van der Waals surface area contributed by atoms with E-state index >= 15 is 0 Å². The van der Waals surface area contributed by atoms with Gasteiger partial charge < -0.3 is 24.8 Å². The van der Waals surface area contributed by atoms with Crippen molar-refractivity contribution in [3.63, 3.8) is 0 Å². The first-order chi connectivity index (χ1) is 10.6. The molecule has 1 atom stereocenters. The molecule has 0 aromatic carbocycles. The summed E-state index contributed by atoms with van der Waals surface area (Å²) in [4.78, 5) is 24.8. The number of methoxy groups -OCH3 is 1. The van der Waals surface area contributed by atoms with Crippen LogP contribution in [0.3, 0.4) is 0 Å². The second-order valence-electron chi connectivity index (χ2n) is 7.27. The molecule has 1 rings (SSSR count). The van der Waals surface area contributed by atoms with Gasteiger partial charge in [0.15, 0.2) is 0 Å². The van der Waals surface area contributed by atoms with Crippen LogP contribution < -0.4 is 5.32 Å². The standard InChI is InChI=1S/C16H30N2O5/c1-6-7-12(9-22-5)17-16(8-13(19)20)10-18(11-16)14(21)23-15(2,3)4/h12,17H,6-11H2,1-5H3,(H,19,20). The van der Waals surface area contributed by atoms with Gasteiger partial charge in [0.2, 0.25) is 0 Å². The fourth-order valence-electron chi connectivity index (χ4n) is 2.86. The Morgan fingerprint density at radius 1 is 1.35 bits per heavy atom. The first-order valence-corrected chi connectivity index (χ1v) is 8.07. The molecule has 23 heavy (non-hydrogen) atoms. The number of amides is 1. The number of carboxylic acid groups (broad SMARTS) is 1. The fraction of sp³-hybridized carbons (Fsp3) is 0.875. The Balaban J connectivity index is 2.69. The number of hydrogen-bond acceptors (Lipinski definition) is 5. The number of likely N-dealkylation sites (tertiary alicyclic amines) is 1. The van der Waals surface area contributed by atoms with E-state index in [1.807, 2.05) is 20.8 Å². The molecule has 0 radical (unpaired) electrons. The monoisotopic (exact) mass is 330 g/mol. The number of carbonyl (C=O) groups excluding carboxylic acids is 1. The van der Waals surface area contributed by atoms with Gasteiger partial charge in [0, 0.05) is 26.2 Å². The van der Waals surface area contributed by atoms with Crippen LogP contribution in [0.15, 0.2) is 0 Å². The topological polar surface area (TPSA) is 88.1 Å². The number of nitrogens with one attached hydrogen (secondary N) is 1. The Morgan fingerprint density at radius 2 is 1.96 bits per heavy atom. The summed E-state index contributed by atoms with van der Waals surface area (Å²) in [7, 11) is 1.63. The molecule has 0 saturated carbocycles. The molecule has 1 unspecified atom stereocenters. The van der Waals surface area contributed by atoms with E-state index in [1.165, 1.54) is 4.90 Å². The summed E-state index contributed by atoms with van der Waals surface area (Å²) in [5, 5.41) is 12.6. The van der Waals surface area contributed by atoms with Gasteiger partial charge in [-0.3, -0.25) is 4.79 Å². The summed E-state index contributed by atoms with van der Waals surface area (Å²) in [6, 6.07) is 0.0742. The molecule has 1 saturated heterocycles. The van der Waals surface area contributed by atoms with Crippen LogP contribution >= 0.6 is 0 Å². The number of carboxylic acids is 1. The molecule has 7 heteroatoms. The van der Waals surface area contributed by atoms with Gasteiger partial charge in [-0.05, 0) is 27.2 Å². The van der Waals surface area contributed by atoms with Crippen molar-refractivity contribution in [3.05, 3.63) is 0 Å². The van der Waals surface area contributed by atoms with Crippen molar-refractivity contribution < 1.29 is 24.2 Å². The number of aliphatic carboxylic acids is 1. The Labute approximate surface area is 138 Å². The molecule has 0 bridgehead atoms. The van der Waals surface area contributed by atoms with Crippen LogP contribution in [0.25, 0.3) is 0 Å². The molecular formula is C16H30N2O5. The zero-order valence-corrected chi connectivity index (χ0v) is 14.8. The molecule has 1 fully saturated rings. The number of hydrogen-bond donors (Lipinski definition) is 2. The third kappa shape index (κ3) is 6.35. The lowest BCUT2D eigenvalue weighted by atomic mass is 9.85. The van der Waals surface area contributed by atoms with Crippen LogP contribution in [0.5, 0.6) is 0 Å². The fourth-order valence-corrected chi connectivity index (χ4v) is 2.86. The van der Waals surface area contributed by atoms with Crippen LogP contribution in [0, 0.1) is 0 Å². The first kappa shape index (κ1) is 19.7. The zero-order chi connectivity index (χ0) is 17.7. The molecule has 1 aliphatic heterocycles. The molecule has 1 heterocycles. The molecule has 2 N–H and O–H groups in total. The molecule has 0 aromatic heterocycles. The maximum atomic E-state index is 12.1. The number of ether oxygens (including phenoxy) is 2. The lowest BCUT2D eigenvalue weighted by Crippen LogP contribution is -2.73. The van der Waals surface area contributed by atoms with Crippen LogP contribution in [0.4, 0.5) is 4.79 Å².